The number of aromatic nitrogens is 1. The van der Waals surface area contributed by atoms with Gasteiger partial charge in [0.1, 0.15) is 5.76 Å². The van der Waals surface area contributed by atoms with E-state index in [4.69, 9.17) is 4.52 Å². The molecule has 11 heteroatoms. The lowest BCUT2D eigenvalue weighted by molar-refractivity contribution is -0.121. The monoisotopic (exact) mass is 454 g/mol. The largest absolute Gasteiger partial charge is 0.360 e. The van der Waals surface area contributed by atoms with Crippen LogP contribution in [0.1, 0.15) is 29.0 Å². The van der Waals surface area contributed by atoms with Crippen LogP contribution < -0.4 is 14.9 Å². The lowest BCUT2D eigenvalue weighted by atomic mass is 10.1. The normalized spacial score (nSPS) is 14.0. The van der Waals surface area contributed by atoms with Crippen molar-refractivity contribution in [3.8, 4) is 0 Å². The van der Waals surface area contributed by atoms with E-state index in [0.717, 1.165) is 4.90 Å². The number of amides is 3. The van der Waals surface area contributed by atoms with Crippen molar-refractivity contribution in [2.45, 2.75) is 24.7 Å². The molecule has 2 N–H and O–H groups in total. The minimum Gasteiger partial charge on any atom is -0.360 e. The van der Waals surface area contributed by atoms with Gasteiger partial charge in [-0.05, 0) is 49.4 Å². The van der Waals surface area contributed by atoms with Crippen LogP contribution in [-0.4, -0.2) is 31.3 Å². The minimum atomic E-state index is -3.88. The maximum Gasteiger partial charge on any atom is 0.263 e. The number of sulfonamides is 1. The predicted molar refractivity (Wildman–Crippen MR) is 115 cm³/mol. The Morgan fingerprint density at radius 2 is 1.72 bits per heavy atom. The third kappa shape index (κ3) is 4.37. The van der Waals surface area contributed by atoms with E-state index in [9.17, 15) is 22.8 Å². The van der Waals surface area contributed by atoms with Crippen LogP contribution in [0, 0.1) is 6.92 Å². The fourth-order valence-corrected chi connectivity index (χ4v) is 4.17. The van der Waals surface area contributed by atoms with Gasteiger partial charge in [-0.1, -0.05) is 11.2 Å². The van der Waals surface area contributed by atoms with Crippen LogP contribution in [0.5, 0.6) is 0 Å². The van der Waals surface area contributed by atoms with E-state index in [-0.39, 0.29) is 40.9 Å². The van der Waals surface area contributed by atoms with Crippen molar-refractivity contribution in [1.82, 2.24) is 5.16 Å². The molecular formula is C21H18N4O6S. The molecule has 1 saturated heterocycles. The second-order valence-electron chi connectivity index (χ2n) is 7.08. The Balaban J connectivity index is 1.47. The summed E-state index contributed by atoms with van der Waals surface area (Å²) in [4.78, 5) is 37.5. The molecule has 0 saturated carbocycles. The highest BCUT2D eigenvalue weighted by atomic mass is 32.2. The summed E-state index contributed by atoms with van der Waals surface area (Å²) in [5, 5.41) is 6.25. The highest BCUT2D eigenvalue weighted by molar-refractivity contribution is 7.92. The molecule has 10 nitrogen and oxygen atoms in total. The van der Waals surface area contributed by atoms with Gasteiger partial charge in [-0.15, -0.1) is 0 Å². The number of hydrogen-bond donors (Lipinski definition) is 2. The highest BCUT2D eigenvalue weighted by Crippen LogP contribution is 2.24. The third-order valence-electron chi connectivity index (χ3n) is 4.71. The van der Waals surface area contributed by atoms with Crippen molar-refractivity contribution >= 4 is 44.9 Å². The summed E-state index contributed by atoms with van der Waals surface area (Å²) < 4.78 is 32.0. The van der Waals surface area contributed by atoms with Crippen LogP contribution in [0.3, 0.4) is 0 Å². The Hall–Kier alpha value is -3.99. The zero-order valence-corrected chi connectivity index (χ0v) is 17.7. The van der Waals surface area contributed by atoms with Gasteiger partial charge in [0.25, 0.3) is 15.9 Å². The Labute approximate surface area is 183 Å². The molecule has 1 fully saturated rings. The molecule has 1 aromatic heterocycles. The summed E-state index contributed by atoms with van der Waals surface area (Å²) in [6, 6.07) is 13.2. The van der Waals surface area contributed by atoms with Gasteiger partial charge in [0.2, 0.25) is 11.8 Å². The zero-order chi connectivity index (χ0) is 22.9. The lowest BCUT2D eigenvalue weighted by Crippen LogP contribution is -2.28. The standard InChI is InChI=1S/C21H18N4O6S/c1-13-11-18(23-31-13)24-32(29,30)17-7-5-15(6-8-17)22-21(28)14-3-2-4-16(12-14)25-19(26)9-10-20(25)27/h2-8,11-12H,9-10H2,1H3,(H,22,28)(H,23,24). The summed E-state index contributed by atoms with van der Waals surface area (Å²) in [6.07, 6.45) is 0.297. The number of nitrogens with one attached hydrogen (secondary N) is 2. The van der Waals surface area contributed by atoms with Crippen molar-refractivity contribution < 1.29 is 27.3 Å². The van der Waals surface area contributed by atoms with E-state index in [1.54, 1.807) is 25.1 Å². The summed E-state index contributed by atoms with van der Waals surface area (Å²) in [7, 11) is -3.88. The van der Waals surface area contributed by atoms with Gasteiger partial charge in [-0.25, -0.2) is 8.42 Å². The fourth-order valence-electron chi connectivity index (χ4n) is 3.18. The van der Waals surface area contributed by atoms with Crippen LogP contribution in [0.25, 0.3) is 0 Å². The van der Waals surface area contributed by atoms with Gasteiger partial charge >= 0.3 is 0 Å². The topological polar surface area (TPSA) is 139 Å². The Bertz CT molecular complexity index is 1300. The molecule has 0 bridgehead atoms. The van der Waals surface area contributed by atoms with Gasteiger partial charge < -0.3 is 9.84 Å². The van der Waals surface area contributed by atoms with Gasteiger partial charge in [-0.2, -0.15) is 0 Å². The summed E-state index contributed by atoms with van der Waals surface area (Å²) in [6.45, 7) is 1.64. The van der Waals surface area contributed by atoms with Gasteiger partial charge in [0.05, 0.1) is 10.6 Å². The van der Waals surface area contributed by atoms with Gasteiger partial charge in [0.15, 0.2) is 5.82 Å². The van der Waals surface area contributed by atoms with Crippen molar-refractivity contribution in [3.63, 3.8) is 0 Å². The first-order valence-corrected chi connectivity index (χ1v) is 11.0. The molecule has 0 unspecified atom stereocenters. The molecule has 0 radical (unpaired) electrons. The van der Waals surface area contributed by atoms with Gasteiger partial charge in [0, 0.05) is 30.2 Å². The van der Waals surface area contributed by atoms with Crippen LogP contribution in [0.15, 0.2) is 64.0 Å². The molecule has 4 rings (SSSR count). The van der Waals surface area contributed by atoms with Crippen LogP contribution in [0.2, 0.25) is 0 Å². The van der Waals surface area contributed by atoms with Crippen molar-refractivity contribution in [2.75, 3.05) is 14.9 Å². The van der Waals surface area contributed by atoms with Gasteiger partial charge in [-0.3, -0.25) is 24.0 Å². The minimum absolute atomic E-state index is 0.0239. The second-order valence-corrected chi connectivity index (χ2v) is 8.76. The molecule has 0 spiro atoms. The Morgan fingerprint density at radius 1 is 1.03 bits per heavy atom. The smallest absolute Gasteiger partial charge is 0.263 e. The molecule has 2 aromatic carbocycles. The maximum atomic E-state index is 12.6. The highest BCUT2D eigenvalue weighted by Gasteiger charge is 2.30. The lowest BCUT2D eigenvalue weighted by Gasteiger charge is -2.15. The summed E-state index contributed by atoms with van der Waals surface area (Å²) in [5.41, 5.74) is 0.945. The molecule has 1 aliphatic heterocycles. The number of carbonyl (C=O) groups excluding carboxylic acids is 3. The molecule has 164 valence electrons. The fraction of sp³-hybridized carbons (Fsp3) is 0.143. The van der Waals surface area contributed by atoms with Crippen LogP contribution >= 0.6 is 0 Å². The second kappa shape index (κ2) is 8.27. The molecule has 0 aliphatic carbocycles. The van der Waals surface area contributed by atoms with E-state index in [0.29, 0.717) is 17.1 Å². The summed E-state index contributed by atoms with van der Waals surface area (Å²) >= 11 is 0. The van der Waals surface area contributed by atoms with Crippen LogP contribution in [0.4, 0.5) is 17.2 Å². The number of hydrogen-bond acceptors (Lipinski definition) is 7. The van der Waals surface area contributed by atoms with Crippen molar-refractivity contribution in [2.24, 2.45) is 0 Å². The quantitative estimate of drug-likeness (QED) is 0.546. The number of nitrogens with zero attached hydrogens (tertiary/aromatic N) is 2. The number of aryl methyl sites for hydroxylation is 1. The number of carbonyl (C=O) groups is 3. The molecule has 1 aliphatic rings. The zero-order valence-electron chi connectivity index (χ0n) is 16.9. The average Bonchev–Trinajstić information content (AvgIpc) is 3.32. The number of anilines is 3. The predicted octanol–water partition coefficient (Wildman–Crippen LogP) is 2.69. The first kappa shape index (κ1) is 21.2. The van der Waals surface area contributed by atoms with Crippen molar-refractivity contribution in [1.29, 1.82) is 0 Å². The molecule has 2 heterocycles. The third-order valence-corrected chi connectivity index (χ3v) is 6.08. The molecule has 3 aromatic rings. The van der Waals surface area contributed by atoms with Crippen LogP contribution in [-0.2, 0) is 19.6 Å². The first-order valence-electron chi connectivity index (χ1n) is 9.56. The van der Waals surface area contributed by atoms with E-state index in [1.807, 2.05) is 0 Å². The van der Waals surface area contributed by atoms with E-state index >= 15 is 0 Å². The summed E-state index contributed by atoms with van der Waals surface area (Å²) in [5.74, 6) is -0.562. The number of imide groups is 1. The van der Waals surface area contributed by atoms with E-state index < -0.39 is 15.9 Å². The first-order chi connectivity index (χ1) is 15.2. The number of benzene rings is 2. The molecular weight excluding hydrogens is 436 g/mol. The Morgan fingerprint density at radius 3 is 2.34 bits per heavy atom. The number of rotatable bonds is 6. The average molecular weight is 454 g/mol. The SMILES string of the molecule is Cc1cc(NS(=O)(=O)c2ccc(NC(=O)c3cccc(N4C(=O)CCC4=O)c3)cc2)no1. The maximum absolute atomic E-state index is 12.6. The van der Waals surface area contributed by atoms with Crippen molar-refractivity contribution in [3.05, 3.63) is 65.9 Å². The van der Waals surface area contributed by atoms with E-state index in [2.05, 4.69) is 15.2 Å². The van der Waals surface area contributed by atoms with E-state index in [1.165, 1.54) is 36.4 Å². The molecule has 0 atom stereocenters. The Kier molecular flexibility index (Phi) is 5.49. The molecule has 32 heavy (non-hydrogen) atoms. The molecule has 3 amide bonds.